The van der Waals surface area contributed by atoms with E-state index in [4.69, 9.17) is 5.73 Å². The van der Waals surface area contributed by atoms with Crippen LogP contribution < -0.4 is 5.73 Å². The number of carbonyl (C=O) groups excluding carboxylic acids is 1. The normalized spacial score (nSPS) is 15.1. The highest BCUT2D eigenvalue weighted by atomic mass is 16.2. The summed E-state index contributed by atoms with van der Waals surface area (Å²) in [4.78, 5) is 13.6. The van der Waals surface area contributed by atoms with Crippen molar-refractivity contribution in [3.05, 3.63) is 0 Å². The topological polar surface area (TPSA) is 46.3 Å². The van der Waals surface area contributed by atoms with Gasteiger partial charge in [0.2, 0.25) is 5.91 Å². The van der Waals surface area contributed by atoms with Crippen LogP contribution >= 0.6 is 0 Å². The maximum Gasteiger partial charge on any atom is 0.222 e. The maximum absolute atomic E-state index is 11.7. The molecule has 0 aliphatic rings. The van der Waals surface area contributed by atoms with Crippen molar-refractivity contribution in [3.8, 4) is 0 Å². The van der Waals surface area contributed by atoms with Crippen molar-refractivity contribution >= 4 is 5.91 Å². The summed E-state index contributed by atoms with van der Waals surface area (Å²) in [5.41, 5.74) is 5.63. The molecule has 1 amide bonds. The van der Waals surface area contributed by atoms with Crippen LogP contribution in [-0.2, 0) is 4.79 Å². The number of carbonyl (C=O) groups is 1. The molecule has 3 nitrogen and oxygen atoms in total. The molecule has 15 heavy (non-hydrogen) atoms. The number of hydrogen-bond acceptors (Lipinski definition) is 2. The lowest BCUT2D eigenvalue weighted by atomic mass is 10.0. The van der Waals surface area contributed by atoms with Gasteiger partial charge in [-0.15, -0.1) is 0 Å². The van der Waals surface area contributed by atoms with E-state index in [0.717, 1.165) is 12.8 Å². The summed E-state index contributed by atoms with van der Waals surface area (Å²) < 4.78 is 0. The Morgan fingerprint density at radius 2 is 1.80 bits per heavy atom. The quantitative estimate of drug-likeness (QED) is 0.735. The lowest BCUT2D eigenvalue weighted by Crippen LogP contribution is -2.36. The summed E-state index contributed by atoms with van der Waals surface area (Å²) in [5.74, 6) is 0.837. The van der Waals surface area contributed by atoms with E-state index in [0.29, 0.717) is 18.4 Å². The number of nitrogens with two attached hydrogens (primary N) is 1. The smallest absolute Gasteiger partial charge is 0.222 e. The van der Waals surface area contributed by atoms with Crippen LogP contribution in [0.15, 0.2) is 0 Å². The van der Waals surface area contributed by atoms with Gasteiger partial charge in [-0.3, -0.25) is 4.79 Å². The Labute approximate surface area is 94.0 Å². The first-order valence-corrected chi connectivity index (χ1v) is 5.85. The third-order valence-electron chi connectivity index (χ3n) is 2.68. The van der Waals surface area contributed by atoms with Gasteiger partial charge in [-0.2, -0.15) is 0 Å². The fourth-order valence-corrected chi connectivity index (χ4v) is 1.61. The van der Waals surface area contributed by atoms with E-state index in [1.54, 1.807) is 0 Å². The van der Waals surface area contributed by atoms with Gasteiger partial charge in [0, 0.05) is 25.6 Å². The number of nitrogens with zero attached hydrogens (tertiary/aromatic N) is 1. The van der Waals surface area contributed by atoms with Crippen molar-refractivity contribution in [2.75, 3.05) is 7.05 Å². The second kappa shape index (κ2) is 6.83. The van der Waals surface area contributed by atoms with Crippen molar-refractivity contribution in [3.63, 3.8) is 0 Å². The van der Waals surface area contributed by atoms with Gasteiger partial charge in [0.25, 0.3) is 0 Å². The molecule has 0 fully saturated rings. The fourth-order valence-electron chi connectivity index (χ4n) is 1.61. The molecule has 0 aliphatic carbocycles. The molecule has 2 atom stereocenters. The van der Waals surface area contributed by atoms with Gasteiger partial charge in [0.05, 0.1) is 0 Å². The zero-order chi connectivity index (χ0) is 12.0. The molecule has 0 aliphatic heterocycles. The molecular weight excluding hydrogens is 188 g/mol. The first-order valence-electron chi connectivity index (χ1n) is 5.85. The summed E-state index contributed by atoms with van der Waals surface area (Å²) in [6.07, 6.45) is 2.40. The molecule has 2 N–H and O–H groups in total. The molecule has 0 aromatic rings. The monoisotopic (exact) mass is 214 g/mol. The van der Waals surface area contributed by atoms with Gasteiger partial charge >= 0.3 is 0 Å². The molecule has 0 radical (unpaired) electrons. The lowest BCUT2D eigenvalue weighted by Gasteiger charge is -2.26. The highest BCUT2D eigenvalue weighted by Gasteiger charge is 2.16. The van der Waals surface area contributed by atoms with Crippen molar-refractivity contribution < 1.29 is 4.79 Å². The molecular formula is C12H26N2O. The summed E-state index contributed by atoms with van der Waals surface area (Å²) >= 11 is 0. The SMILES string of the molecule is CC(C)CC(C)N(C)C(=O)CCC(C)N. The Bertz CT molecular complexity index is 190. The fraction of sp³-hybridized carbons (Fsp3) is 0.917. The number of hydrogen-bond donors (Lipinski definition) is 1. The van der Waals surface area contributed by atoms with E-state index in [9.17, 15) is 4.79 Å². The minimum atomic E-state index is 0.114. The Balaban J connectivity index is 3.96. The Morgan fingerprint density at radius 3 is 2.20 bits per heavy atom. The van der Waals surface area contributed by atoms with Gasteiger partial charge in [-0.25, -0.2) is 0 Å². The van der Waals surface area contributed by atoms with Crippen LogP contribution in [-0.4, -0.2) is 29.9 Å². The zero-order valence-corrected chi connectivity index (χ0v) is 10.8. The first-order chi connectivity index (χ1) is 6.84. The van der Waals surface area contributed by atoms with Crippen LogP contribution in [0.4, 0.5) is 0 Å². The number of amides is 1. The van der Waals surface area contributed by atoms with Gasteiger partial charge < -0.3 is 10.6 Å². The molecule has 90 valence electrons. The van der Waals surface area contributed by atoms with Gasteiger partial charge in [-0.1, -0.05) is 13.8 Å². The van der Waals surface area contributed by atoms with Crippen molar-refractivity contribution in [1.29, 1.82) is 0 Å². The highest BCUT2D eigenvalue weighted by Crippen LogP contribution is 2.11. The predicted octanol–water partition coefficient (Wildman–Crippen LogP) is 2.01. The van der Waals surface area contributed by atoms with Crippen LogP contribution in [0.5, 0.6) is 0 Å². The second-order valence-corrected chi connectivity index (χ2v) is 5.00. The minimum absolute atomic E-state index is 0.114. The maximum atomic E-state index is 11.7. The second-order valence-electron chi connectivity index (χ2n) is 5.00. The van der Waals surface area contributed by atoms with Gasteiger partial charge in [-0.05, 0) is 32.6 Å². The summed E-state index contributed by atoms with van der Waals surface area (Å²) in [6, 6.07) is 0.438. The standard InChI is InChI=1S/C12H26N2O/c1-9(2)8-11(4)14(5)12(15)7-6-10(3)13/h9-11H,6-8,13H2,1-5H3. The molecule has 0 saturated carbocycles. The number of rotatable bonds is 6. The molecule has 3 heteroatoms. The summed E-state index contributed by atoms with van der Waals surface area (Å²) in [7, 11) is 1.89. The van der Waals surface area contributed by atoms with Crippen LogP contribution in [0.25, 0.3) is 0 Å². The Morgan fingerprint density at radius 1 is 1.27 bits per heavy atom. The Kier molecular flexibility index (Phi) is 6.57. The van der Waals surface area contributed by atoms with Gasteiger partial charge in [0.15, 0.2) is 0 Å². The van der Waals surface area contributed by atoms with E-state index in [1.807, 2.05) is 18.9 Å². The minimum Gasteiger partial charge on any atom is -0.343 e. The third kappa shape index (κ3) is 6.50. The van der Waals surface area contributed by atoms with Crippen LogP contribution in [0.3, 0.4) is 0 Å². The van der Waals surface area contributed by atoms with E-state index >= 15 is 0 Å². The molecule has 0 saturated heterocycles. The molecule has 2 unspecified atom stereocenters. The third-order valence-corrected chi connectivity index (χ3v) is 2.68. The van der Waals surface area contributed by atoms with E-state index in [-0.39, 0.29) is 11.9 Å². The first kappa shape index (κ1) is 14.4. The summed E-state index contributed by atoms with van der Waals surface area (Å²) in [6.45, 7) is 8.39. The van der Waals surface area contributed by atoms with Crippen LogP contribution in [0, 0.1) is 5.92 Å². The molecule has 0 aromatic carbocycles. The molecule has 0 heterocycles. The zero-order valence-electron chi connectivity index (χ0n) is 10.8. The van der Waals surface area contributed by atoms with Crippen molar-refractivity contribution in [2.45, 2.75) is 59.0 Å². The van der Waals surface area contributed by atoms with Gasteiger partial charge in [0.1, 0.15) is 0 Å². The van der Waals surface area contributed by atoms with E-state index in [1.165, 1.54) is 0 Å². The lowest BCUT2D eigenvalue weighted by molar-refractivity contribution is -0.132. The molecule has 0 rings (SSSR count). The van der Waals surface area contributed by atoms with Crippen molar-refractivity contribution in [1.82, 2.24) is 4.90 Å². The highest BCUT2D eigenvalue weighted by molar-refractivity contribution is 5.76. The molecule has 0 spiro atoms. The molecule has 0 aromatic heterocycles. The average molecular weight is 214 g/mol. The largest absolute Gasteiger partial charge is 0.343 e. The van der Waals surface area contributed by atoms with Crippen LogP contribution in [0.2, 0.25) is 0 Å². The Hall–Kier alpha value is -0.570. The van der Waals surface area contributed by atoms with Crippen molar-refractivity contribution in [2.24, 2.45) is 11.7 Å². The summed E-state index contributed by atoms with van der Waals surface area (Å²) in [5, 5.41) is 0. The van der Waals surface area contributed by atoms with E-state index < -0.39 is 0 Å². The van der Waals surface area contributed by atoms with E-state index in [2.05, 4.69) is 20.8 Å². The predicted molar refractivity (Wildman–Crippen MR) is 64.6 cm³/mol. The average Bonchev–Trinajstić information content (AvgIpc) is 2.11. The molecule has 0 bridgehead atoms. The van der Waals surface area contributed by atoms with Crippen LogP contribution in [0.1, 0.15) is 47.0 Å².